The number of hydrogen-bond donors (Lipinski definition) is 0. The monoisotopic (exact) mass is 286 g/mol. The van der Waals surface area contributed by atoms with Crippen molar-refractivity contribution in [2.75, 3.05) is 27.2 Å². The number of fused-ring (bicyclic) bond motifs is 1. The molecule has 1 aromatic carbocycles. The Morgan fingerprint density at radius 1 is 1.33 bits per heavy atom. The van der Waals surface area contributed by atoms with Crippen LogP contribution in [0, 0.1) is 0 Å². The van der Waals surface area contributed by atoms with Gasteiger partial charge in [0, 0.05) is 24.5 Å². The standard InChI is InChI=1S/C17H22N2O2/c1-18(2)12-14-8-5-6-10-19(14)17(20)16-11-13-7-3-4-9-15(13)21-16/h3-4,7,9,11,14H,5-6,8,10,12H2,1-2H3/t14-/m1/s1. The summed E-state index contributed by atoms with van der Waals surface area (Å²) in [6.07, 6.45) is 3.35. The number of rotatable bonds is 3. The molecule has 3 rings (SSSR count). The molecule has 2 heterocycles. The molecule has 1 saturated heterocycles. The summed E-state index contributed by atoms with van der Waals surface area (Å²) in [5, 5.41) is 0.988. The lowest BCUT2D eigenvalue weighted by Crippen LogP contribution is -2.48. The van der Waals surface area contributed by atoms with Gasteiger partial charge in [-0.25, -0.2) is 0 Å². The highest BCUT2D eigenvalue weighted by Gasteiger charge is 2.29. The topological polar surface area (TPSA) is 36.7 Å². The van der Waals surface area contributed by atoms with Crippen molar-refractivity contribution in [3.8, 4) is 0 Å². The van der Waals surface area contributed by atoms with E-state index < -0.39 is 0 Å². The summed E-state index contributed by atoms with van der Waals surface area (Å²) in [6.45, 7) is 1.74. The zero-order valence-electron chi connectivity index (χ0n) is 12.7. The molecule has 4 heteroatoms. The van der Waals surface area contributed by atoms with Gasteiger partial charge in [0.25, 0.3) is 5.91 Å². The molecule has 1 aliphatic rings. The van der Waals surface area contributed by atoms with Crippen molar-refractivity contribution < 1.29 is 9.21 Å². The van der Waals surface area contributed by atoms with E-state index in [1.54, 1.807) is 0 Å². The number of piperidine rings is 1. The van der Waals surface area contributed by atoms with Crippen LogP contribution in [0.15, 0.2) is 34.7 Å². The van der Waals surface area contributed by atoms with Gasteiger partial charge < -0.3 is 14.2 Å². The SMILES string of the molecule is CN(C)C[C@H]1CCCCN1C(=O)c1cc2ccccc2o1. The highest BCUT2D eigenvalue weighted by Crippen LogP contribution is 2.24. The van der Waals surface area contributed by atoms with Crippen LogP contribution in [0.25, 0.3) is 11.0 Å². The van der Waals surface area contributed by atoms with Crippen molar-refractivity contribution in [3.63, 3.8) is 0 Å². The van der Waals surface area contributed by atoms with Crippen molar-refractivity contribution in [2.45, 2.75) is 25.3 Å². The van der Waals surface area contributed by atoms with Crippen LogP contribution in [0.2, 0.25) is 0 Å². The number of likely N-dealkylation sites (tertiary alicyclic amines) is 1. The smallest absolute Gasteiger partial charge is 0.289 e. The summed E-state index contributed by atoms with van der Waals surface area (Å²) in [6, 6.07) is 9.91. The molecule has 2 aromatic rings. The van der Waals surface area contributed by atoms with Gasteiger partial charge in [-0.1, -0.05) is 18.2 Å². The Labute approximate surface area is 125 Å². The molecular formula is C17H22N2O2. The molecule has 0 saturated carbocycles. The van der Waals surface area contributed by atoms with Crippen LogP contribution >= 0.6 is 0 Å². The molecule has 1 aromatic heterocycles. The molecule has 0 unspecified atom stereocenters. The largest absolute Gasteiger partial charge is 0.451 e. The lowest BCUT2D eigenvalue weighted by Gasteiger charge is -2.36. The van der Waals surface area contributed by atoms with Gasteiger partial charge in [0.1, 0.15) is 5.58 Å². The molecule has 112 valence electrons. The molecule has 1 amide bonds. The molecule has 1 atom stereocenters. The molecule has 4 nitrogen and oxygen atoms in total. The predicted octanol–water partition coefficient (Wildman–Crippen LogP) is 2.99. The van der Waals surface area contributed by atoms with E-state index in [0.717, 1.165) is 36.9 Å². The number of hydrogen-bond acceptors (Lipinski definition) is 3. The van der Waals surface area contributed by atoms with Crippen molar-refractivity contribution >= 4 is 16.9 Å². The molecule has 0 bridgehead atoms. The van der Waals surface area contributed by atoms with Crippen LogP contribution in [0.3, 0.4) is 0 Å². The third kappa shape index (κ3) is 2.95. The van der Waals surface area contributed by atoms with Gasteiger partial charge in [0.05, 0.1) is 0 Å². The van der Waals surface area contributed by atoms with E-state index in [4.69, 9.17) is 4.42 Å². The van der Waals surface area contributed by atoms with Crippen molar-refractivity contribution in [1.29, 1.82) is 0 Å². The van der Waals surface area contributed by atoms with E-state index in [2.05, 4.69) is 19.0 Å². The maximum Gasteiger partial charge on any atom is 0.289 e. The van der Waals surface area contributed by atoms with Crippen molar-refractivity contribution in [2.24, 2.45) is 0 Å². The third-order valence-corrected chi connectivity index (χ3v) is 4.10. The average Bonchev–Trinajstić information content (AvgIpc) is 2.90. The zero-order chi connectivity index (χ0) is 14.8. The van der Waals surface area contributed by atoms with E-state index in [1.165, 1.54) is 6.42 Å². The van der Waals surface area contributed by atoms with E-state index in [1.807, 2.05) is 35.2 Å². The van der Waals surface area contributed by atoms with Crippen LogP contribution in [0.5, 0.6) is 0 Å². The van der Waals surface area contributed by atoms with Gasteiger partial charge in [-0.05, 0) is 45.5 Å². The Bertz CT molecular complexity index is 600. The molecule has 0 radical (unpaired) electrons. The highest BCUT2D eigenvalue weighted by molar-refractivity contribution is 5.96. The maximum absolute atomic E-state index is 12.8. The second-order valence-electron chi connectivity index (χ2n) is 6.06. The number of para-hydroxylation sites is 1. The second-order valence-corrected chi connectivity index (χ2v) is 6.06. The minimum atomic E-state index is 0.0257. The van der Waals surface area contributed by atoms with Gasteiger partial charge in [0.2, 0.25) is 0 Å². The minimum absolute atomic E-state index is 0.0257. The molecule has 1 fully saturated rings. The summed E-state index contributed by atoms with van der Waals surface area (Å²) < 4.78 is 5.73. The number of furan rings is 1. The predicted molar refractivity (Wildman–Crippen MR) is 83.4 cm³/mol. The summed E-state index contributed by atoms with van der Waals surface area (Å²) in [4.78, 5) is 16.9. The zero-order valence-corrected chi connectivity index (χ0v) is 12.7. The number of carbonyl (C=O) groups is 1. The molecule has 0 spiro atoms. The number of carbonyl (C=O) groups excluding carboxylic acids is 1. The van der Waals surface area contributed by atoms with Gasteiger partial charge in [-0.2, -0.15) is 0 Å². The summed E-state index contributed by atoms with van der Waals surface area (Å²) in [5.74, 6) is 0.486. The first-order valence-corrected chi connectivity index (χ1v) is 7.59. The number of likely N-dealkylation sites (N-methyl/N-ethyl adjacent to an activating group) is 1. The van der Waals surface area contributed by atoms with Gasteiger partial charge in [-0.3, -0.25) is 4.79 Å². The normalized spacial score (nSPS) is 19.4. The Kier molecular flexibility index (Phi) is 3.97. The Morgan fingerprint density at radius 2 is 2.14 bits per heavy atom. The molecule has 0 aliphatic carbocycles. The summed E-state index contributed by atoms with van der Waals surface area (Å²) in [7, 11) is 4.11. The van der Waals surface area contributed by atoms with Gasteiger partial charge in [-0.15, -0.1) is 0 Å². The van der Waals surface area contributed by atoms with Crippen LogP contribution in [-0.4, -0.2) is 48.9 Å². The lowest BCUT2D eigenvalue weighted by molar-refractivity contribution is 0.0545. The number of nitrogens with zero attached hydrogens (tertiary/aromatic N) is 2. The Morgan fingerprint density at radius 3 is 2.90 bits per heavy atom. The van der Waals surface area contributed by atoms with Crippen molar-refractivity contribution in [1.82, 2.24) is 9.80 Å². The van der Waals surface area contributed by atoms with E-state index in [-0.39, 0.29) is 11.9 Å². The summed E-state index contributed by atoms with van der Waals surface area (Å²) in [5.41, 5.74) is 0.780. The third-order valence-electron chi connectivity index (χ3n) is 4.10. The van der Waals surface area contributed by atoms with E-state index in [9.17, 15) is 4.79 Å². The Hall–Kier alpha value is -1.81. The maximum atomic E-state index is 12.8. The Balaban J connectivity index is 1.84. The fourth-order valence-electron chi connectivity index (χ4n) is 3.11. The van der Waals surface area contributed by atoms with Gasteiger partial charge >= 0.3 is 0 Å². The first-order valence-electron chi connectivity index (χ1n) is 7.59. The summed E-state index contributed by atoms with van der Waals surface area (Å²) >= 11 is 0. The quantitative estimate of drug-likeness (QED) is 0.870. The van der Waals surface area contributed by atoms with Crippen molar-refractivity contribution in [3.05, 3.63) is 36.1 Å². The van der Waals surface area contributed by atoms with E-state index >= 15 is 0 Å². The minimum Gasteiger partial charge on any atom is -0.451 e. The van der Waals surface area contributed by atoms with Crippen LogP contribution < -0.4 is 0 Å². The first-order chi connectivity index (χ1) is 10.1. The molecule has 0 N–H and O–H groups in total. The lowest BCUT2D eigenvalue weighted by atomic mass is 10.0. The van der Waals surface area contributed by atoms with E-state index in [0.29, 0.717) is 5.76 Å². The molecule has 1 aliphatic heterocycles. The number of amides is 1. The second kappa shape index (κ2) is 5.90. The van der Waals surface area contributed by atoms with Gasteiger partial charge in [0.15, 0.2) is 5.76 Å². The van der Waals surface area contributed by atoms with Crippen LogP contribution in [-0.2, 0) is 0 Å². The molecular weight excluding hydrogens is 264 g/mol. The average molecular weight is 286 g/mol. The first kappa shape index (κ1) is 14.1. The fraction of sp³-hybridized carbons (Fsp3) is 0.471. The van der Waals surface area contributed by atoms with Crippen LogP contribution in [0.1, 0.15) is 29.8 Å². The number of benzene rings is 1. The van der Waals surface area contributed by atoms with Crippen LogP contribution in [0.4, 0.5) is 0 Å². The fourth-order valence-corrected chi connectivity index (χ4v) is 3.11. The highest BCUT2D eigenvalue weighted by atomic mass is 16.3. The molecule has 21 heavy (non-hydrogen) atoms.